The summed E-state index contributed by atoms with van der Waals surface area (Å²) >= 11 is 0. The number of ether oxygens (including phenoxy) is 1. The molecule has 1 aliphatic rings. The summed E-state index contributed by atoms with van der Waals surface area (Å²) < 4.78 is 19.6. The fraction of sp³-hybridized carbons (Fsp3) is 0.333. The Bertz CT molecular complexity index is 785. The van der Waals surface area contributed by atoms with Crippen LogP contribution in [0.2, 0.25) is 0 Å². The van der Waals surface area contributed by atoms with Crippen molar-refractivity contribution >= 4 is 11.9 Å². The molecule has 1 aliphatic carbocycles. The van der Waals surface area contributed by atoms with Gasteiger partial charge in [0.15, 0.2) is 0 Å². The number of aromatic nitrogens is 1. The zero-order valence-electron chi connectivity index (χ0n) is 14.4. The van der Waals surface area contributed by atoms with E-state index in [2.05, 4.69) is 11.1 Å². The first kappa shape index (κ1) is 17.3. The van der Waals surface area contributed by atoms with Crippen molar-refractivity contribution in [1.29, 1.82) is 0 Å². The lowest BCUT2D eigenvalue weighted by Gasteiger charge is -2.20. The first-order valence-corrected chi connectivity index (χ1v) is 8.63. The van der Waals surface area contributed by atoms with Gasteiger partial charge in [0.2, 0.25) is 5.88 Å². The minimum atomic E-state index is -0.257. The van der Waals surface area contributed by atoms with Crippen LogP contribution in [0.25, 0.3) is 5.57 Å². The number of pyridine rings is 1. The number of halogens is 1. The molecule has 4 heteroatoms. The molecule has 0 bridgehead atoms. The zero-order chi connectivity index (χ0) is 17.6. The Morgan fingerprint density at radius 1 is 1.32 bits per heavy atom. The molecule has 1 aromatic heterocycles. The maximum absolute atomic E-state index is 13.9. The summed E-state index contributed by atoms with van der Waals surface area (Å²) in [6.45, 7) is 2.01. The number of allylic oxidation sites excluding steroid dienone is 2. The standard InChI is InChI=1S/C21H22FNO2/c1-15-5-8-18(19(22)13-15)14-25-21-4-2-3-20(23-21)17-9-6-16(7-10-17)11-12-24/h2-5,8-9,12-13,16H,6-7,10-11,14H2,1H3. The lowest BCUT2D eigenvalue weighted by atomic mass is 9.86. The third-order valence-electron chi connectivity index (χ3n) is 4.59. The Labute approximate surface area is 147 Å². The quantitative estimate of drug-likeness (QED) is 0.704. The van der Waals surface area contributed by atoms with E-state index in [1.54, 1.807) is 12.1 Å². The number of hydrogen-bond donors (Lipinski definition) is 0. The Balaban J connectivity index is 1.66. The summed E-state index contributed by atoms with van der Waals surface area (Å²) in [7, 11) is 0. The van der Waals surface area contributed by atoms with Gasteiger partial charge in [-0.2, -0.15) is 0 Å². The lowest BCUT2D eigenvalue weighted by Crippen LogP contribution is -2.07. The Hall–Kier alpha value is -2.49. The molecule has 0 amide bonds. The van der Waals surface area contributed by atoms with E-state index in [0.29, 0.717) is 23.8 Å². The molecule has 130 valence electrons. The minimum absolute atomic E-state index is 0.156. The monoisotopic (exact) mass is 339 g/mol. The Morgan fingerprint density at radius 2 is 2.20 bits per heavy atom. The van der Waals surface area contributed by atoms with Crippen molar-refractivity contribution in [2.45, 2.75) is 39.2 Å². The van der Waals surface area contributed by atoms with Crippen LogP contribution in [0.5, 0.6) is 5.88 Å². The molecule has 1 aromatic carbocycles. The second-order valence-electron chi connectivity index (χ2n) is 6.52. The van der Waals surface area contributed by atoms with Crippen LogP contribution in [0, 0.1) is 18.7 Å². The van der Waals surface area contributed by atoms with Gasteiger partial charge in [0.1, 0.15) is 18.7 Å². The zero-order valence-corrected chi connectivity index (χ0v) is 14.4. The van der Waals surface area contributed by atoms with E-state index in [1.165, 1.54) is 11.6 Å². The van der Waals surface area contributed by atoms with E-state index in [4.69, 9.17) is 4.74 Å². The minimum Gasteiger partial charge on any atom is -0.473 e. The third kappa shape index (κ3) is 4.53. The molecule has 0 saturated carbocycles. The molecular weight excluding hydrogens is 317 g/mol. The van der Waals surface area contributed by atoms with Crippen LogP contribution in [-0.4, -0.2) is 11.3 Å². The number of nitrogens with zero attached hydrogens (tertiary/aromatic N) is 1. The fourth-order valence-corrected chi connectivity index (χ4v) is 3.07. The van der Waals surface area contributed by atoms with Gasteiger partial charge in [0, 0.05) is 18.1 Å². The second kappa shape index (κ2) is 8.06. The van der Waals surface area contributed by atoms with Gasteiger partial charge in [0.05, 0.1) is 5.69 Å². The number of carbonyl (C=O) groups excluding carboxylic acids is 1. The molecule has 0 spiro atoms. The number of benzene rings is 1. The van der Waals surface area contributed by atoms with Gasteiger partial charge in [-0.15, -0.1) is 0 Å². The van der Waals surface area contributed by atoms with E-state index in [0.717, 1.165) is 36.8 Å². The van der Waals surface area contributed by atoms with Gasteiger partial charge < -0.3 is 9.53 Å². The molecule has 0 saturated heterocycles. The summed E-state index contributed by atoms with van der Waals surface area (Å²) in [6, 6.07) is 10.8. The maximum Gasteiger partial charge on any atom is 0.214 e. The van der Waals surface area contributed by atoms with Crippen LogP contribution >= 0.6 is 0 Å². The van der Waals surface area contributed by atoms with Crippen molar-refractivity contribution in [2.24, 2.45) is 5.92 Å². The summed E-state index contributed by atoms with van der Waals surface area (Å²) in [5.74, 6) is 0.686. The fourth-order valence-electron chi connectivity index (χ4n) is 3.07. The molecule has 3 nitrogen and oxygen atoms in total. The largest absolute Gasteiger partial charge is 0.473 e. The summed E-state index contributed by atoms with van der Waals surface area (Å²) in [5, 5.41) is 0. The molecule has 0 aliphatic heterocycles. The average molecular weight is 339 g/mol. The molecule has 0 N–H and O–H groups in total. The van der Waals surface area contributed by atoms with Crippen molar-refractivity contribution in [3.63, 3.8) is 0 Å². The molecular formula is C21H22FNO2. The van der Waals surface area contributed by atoms with Crippen molar-refractivity contribution in [2.75, 3.05) is 0 Å². The number of rotatable bonds is 6. The highest BCUT2D eigenvalue weighted by atomic mass is 19.1. The number of aldehydes is 1. The highest BCUT2D eigenvalue weighted by molar-refractivity contribution is 5.64. The van der Waals surface area contributed by atoms with E-state index in [-0.39, 0.29) is 12.4 Å². The molecule has 3 rings (SSSR count). The van der Waals surface area contributed by atoms with Crippen LogP contribution in [0.15, 0.2) is 42.5 Å². The summed E-state index contributed by atoms with van der Waals surface area (Å²) in [4.78, 5) is 15.2. The van der Waals surface area contributed by atoms with Crippen LogP contribution in [0.3, 0.4) is 0 Å². The highest BCUT2D eigenvalue weighted by Gasteiger charge is 2.16. The molecule has 0 radical (unpaired) electrons. The van der Waals surface area contributed by atoms with Crippen LogP contribution in [0.1, 0.15) is 42.5 Å². The van der Waals surface area contributed by atoms with Gasteiger partial charge in [-0.1, -0.05) is 24.3 Å². The molecule has 0 fully saturated rings. The van der Waals surface area contributed by atoms with E-state index in [1.807, 2.05) is 25.1 Å². The van der Waals surface area contributed by atoms with Crippen molar-refractivity contribution < 1.29 is 13.9 Å². The molecule has 1 atom stereocenters. The molecule has 1 unspecified atom stereocenters. The SMILES string of the molecule is Cc1ccc(COc2cccc(C3=CCC(CC=O)CC3)n2)c(F)c1. The first-order chi connectivity index (χ1) is 12.2. The highest BCUT2D eigenvalue weighted by Crippen LogP contribution is 2.31. The third-order valence-corrected chi connectivity index (χ3v) is 4.59. The van der Waals surface area contributed by atoms with E-state index in [9.17, 15) is 9.18 Å². The van der Waals surface area contributed by atoms with E-state index >= 15 is 0 Å². The second-order valence-corrected chi connectivity index (χ2v) is 6.52. The van der Waals surface area contributed by atoms with E-state index < -0.39 is 0 Å². The normalized spacial score (nSPS) is 17.0. The predicted molar refractivity (Wildman–Crippen MR) is 95.7 cm³/mol. The smallest absolute Gasteiger partial charge is 0.214 e. The maximum atomic E-state index is 13.9. The Kier molecular flexibility index (Phi) is 5.59. The van der Waals surface area contributed by atoms with Gasteiger partial charge in [0.25, 0.3) is 0 Å². The topological polar surface area (TPSA) is 39.2 Å². The van der Waals surface area contributed by atoms with Crippen LogP contribution < -0.4 is 4.74 Å². The Morgan fingerprint density at radius 3 is 2.92 bits per heavy atom. The number of carbonyl (C=O) groups is 1. The lowest BCUT2D eigenvalue weighted by molar-refractivity contribution is -0.108. The molecule has 25 heavy (non-hydrogen) atoms. The van der Waals surface area contributed by atoms with Crippen molar-refractivity contribution in [3.8, 4) is 5.88 Å². The molecule has 2 aromatic rings. The summed E-state index contributed by atoms with van der Waals surface area (Å²) in [6.07, 6.45) is 6.63. The first-order valence-electron chi connectivity index (χ1n) is 8.63. The number of hydrogen-bond acceptors (Lipinski definition) is 3. The van der Waals surface area contributed by atoms with Crippen LogP contribution in [0.4, 0.5) is 4.39 Å². The van der Waals surface area contributed by atoms with Crippen LogP contribution in [-0.2, 0) is 11.4 Å². The van der Waals surface area contributed by atoms with Gasteiger partial charge in [-0.3, -0.25) is 0 Å². The average Bonchev–Trinajstić information content (AvgIpc) is 2.62. The van der Waals surface area contributed by atoms with Crippen molar-refractivity contribution in [3.05, 3.63) is 65.1 Å². The predicted octanol–water partition coefficient (Wildman–Crippen LogP) is 4.88. The number of aryl methyl sites for hydroxylation is 1. The summed E-state index contributed by atoms with van der Waals surface area (Å²) in [5.41, 5.74) is 3.49. The molecule has 1 heterocycles. The van der Waals surface area contributed by atoms with Crippen molar-refractivity contribution in [1.82, 2.24) is 4.98 Å². The van der Waals surface area contributed by atoms with Gasteiger partial charge in [-0.25, -0.2) is 9.37 Å². The van der Waals surface area contributed by atoms with Gasteiger partial charge in [-0.05, 0) is 55.4 Å². The van der Waals surface area contributed by atoms with Gasteiger partial charge >= 0.3 is 0 Å².